The van der Waals surface area contributed by atoms with Gasteiger partial charge in [-0.3, -0.25) is 19.2 Å². The average Bonchev–Trinajstić information content (AvgIpc) is 3.34. The molecule has 2 aromatic rings. The van der Waals surface area contributed by atoms with Crippen molar-refractivity contribution >= 4 is 58.7 Å². The van der Waals surface area contributed by atoms with Crippen molar-refractivity contribution in [1.82, 2.24) is 26.3 Å². The van der Waals surface area contributed by atoms with Crippen LogP contribution in [0.5, 0.6) is 0 Å². The van der Waals surface area contributed by atoms with E-state index in [0.29, 0.717) is 22.2 Å². The summed E-state index contributed by atoms with van der Waals surface area (Å²) in [5.74, 6) is -5.29. The molecule has 1 aliphatic rings. The zero-order valence-electron chi connectivity index (χ0n) is 28.5. The van der Waals surface area contributed by atoms with Gasteiger partial charge in [0.05, 0.1) is 20.1 Å². The molecular weight excluding hydrogens is 642 g/mol. The standard InChI is InChI=1S/C33H43N5O11/c1-32(2,3)48-27(41)15-23-28(42)34-16-25(39)36-24(30(44)46-7)17-47-26(40)13-12-21-19(18-10-8-9-11-20(18)35-21)14-22(29(43)37-23)38-31(45)49-33(4,5)6/h8-13,22-24,35H,14-17H2,1-7H3,(H,34,42)(H,36,39)(H,37,43)(H,38,45)/b13-12-/t22-,23-,24-/m0/s1. The Labute approximate surface area is 283 Å². The smallest absolute Gasteiger partial charge is 0.408 e. The number of carbonyl (C=O) groups excluding carboxylic acids is 7. The van der Waals surface area contributed by atoms with Crippen molar-refractivity contribution in [3.63, 3.8) is 0 Å². The van der Waals surface area contributed by atoms with Gasteiger partial charge in [-0.2, -0.15) is 0 Å². The molecule has 5 N–H and O–H groups in total. The van der Waals surface area contributed by atoms with E-state index in [1.165, 1.54) is 6.08 Å². The maximum absolute atomic E-state index is 13.9. The van der Waals surface area contributed by atoms with E-state index in [0.717, 1.165) is 13.2 Å². The van der Waals surface area contributed by atoms with Gasteiger partial charge in [-0.25, -0.2) is 14.4 Å². The number of alkyl carbamates (subject to hydrolysis) is 1. The van der Waals surface area contributed by atoms with Gasteiger partial charge in [-0.05, 0) is 59.2 Å². The molecule has 1 aromatic carbocycles. The largest absolute Gasteiger partial charge is 0.467 e. The first kappa shape index (κ1) is 38.0. The van der Waals surface area contributed by atoms with Gasteiger partial charge in [-0.1, -0.05) is 18.2 Å². The van der Waals surface area contributed by atoms with Crippen LogP contribution in [0.2, 0.25) is 0 Å². The average molecular weight is 686 g/mol. The Morgan fingerprint density at radius 3 is 2.24 bits per heavy atom. The molecule has 0 bridgehead atoms. The number of carbonyl (C=O) groups is 7. The van der Waals surface area contributed by atoms with Crippen LogP contribution in [-0.4, -0.2) is 96.3 Å². The van der Waals surface area contributed by atoms with E-state index in [-0.39, 0.29) is 6.42 Å². The minimum absolute atomic E-state index is 0.169. The molecule has 0 saturated heterocycles. The van der Waals surface area contributed by atoms with E-state index < -0.39 is 90.6 Å². The van der Waals surface area contributed by atoms with Gasteiger partial charge in [0.15, 0.2) is 6.04 Å². The first-order chi connectivity index (χ1) is 22.8. The molecule has 2 heterocycles. The number of hydrogen-bond donors (Lipinski definition) is 5. The molecule has 0 fully saturated rings. The highest BCUT2D eigenvalue weighted by Gasteiger charge is 2.33. The lowest BCUT2D eigenvalue weighted by atomic mass is 10.0. The first-order valence-corrected chi connectivity index (χ1v) is 15.5. The number of aromatic nitrogens is 1. The van der Waals surface area contributed by atoms with E-state index in [1.54, 1.807) is 65.8 Å². The third-order valence-corrected chi connectivity index (χ3v) is 6.71. The molecule has 49 heavy (non-hydrogen) atoms. The summed E-state index contributed by atoms with van der Waals surface area (Å²) in [6, 6.07) is 2.74. The molecule has 16 nitrogen and oxygen atoms in total. The Morgan fingerprint density at radius 2 is 1.59 bits per heavy atom. The van der Waals surface area contributed by atoms with Crippen LogP contribution in [0, 0.1) is 0 Å². The number of ether oxygens (including phenoxy) is 4. The van der Waals surface area contributed by atoms with Gasteiger partial charge in [0.1, 0.15) is 29.9 Å². The summed E-state index contributed by atoms with van der Waals surface area (Å²) in [5.41, 5.74) is -0.311. The van der Waals surface area contributed by atoms with Crippen LogP contribution in [0.25, 0.3) is 17.0 Å². The van der Waals surface area contributed by atoms with Gasteiger partial charge in [0, 0.05) is 29.1 Å². The maximum atomic E-state index is 13.9. The number of esters is 3. The molecule has 0 saturated carbocycles. The molecule has 1 aromatic heterocycles. The number of hydrogen-bond acceptors (Lipinski definition) is 11. The van der Waals surface area contributed by atoms with Crippen LogP contribution >= 0.6 is 0 Å². The Morgan fingerprint density at radius 1 is 0.918 bits per heavy atom. The van der Waals surface area contributed by atoms with E-state index in [9.17, 15) is 33.6 Å². The molecule has 0 unspecified atom stereocenters. The number of rotatable bonds is 4. The second-order valence-electron chi connectivity index (χ2n) is 13.1. The summed E-state index contributed by atoms with van der Waals surface area (Å²) < 4.78 is 20.6. The number of nitrogens with one attached hydrogen (secondary N) is 5. The summed E-state index contributed by atoms with van der Waals surface area (Å²) in [6.45, 7) is 8.52. The number of para-hydroxylation sites is 1. The van der Waals surface area contributed by atoms with Crippen molar-refractivity contribution in [3.05, 3.63) is 41.6 Å². The van der Waals surface area contributed by atoms with Crippen molar-refractivity contribution in [2.45, 2.75) is 83.7 Å². The second kappa shape index (κ2) is 16.1. The fraction of sp³-hybridized carbons (Fsp3) is 0.485. The highest BCUT2D eigenvalue weighted by Crippen LogP contribution is 2.25. The number of amides is 4. The quantitative estimate of drug-likeness (QED) is 0.227. The molecule has 0 spiro atoms. The Balaban J connectivity index is 2.10. The molecular formula is C33H43N5O11. The molecule has 1 aliphatic heterocycles. The van der Waals surface area contributed by atoms with Crippen LogP contribution in [0.4, 0.5) is 4.79 Å². The lowest BCUT2D eigenvalue weighted by Crippen LogP contribution is -2.56. The fourth-order valence-corrected chi connectivity index (χ4v) is 4.69. The molecule has 4 amide bonds. The van der Waals surface area contributed by atoms with Crippen LogP contribution in [-0.2, 0) is 54.1 Å². The van der Waals surface area contributed by atoms with E-state index in [2.05, 4.69) is 26.3 Å². The van der Waals surface area contributed by atoms with Crippen molar-refractivity contribution in [1.29, 1.82) is 0 Å². The molecule has 0 radical (unpaired) electrons. The van der Waals surface area contributed by atoms with Crippen LogP contribution < -0.4 is 21.3 Å². The first-order valence-electron chi connectivity index (χ1n) is 15.5. The lowest BCUT2D eigenvalue weighted by molar-refractivity contribution is -0.156. The summed E-state index contributed by atoms with van der Waals surface area (Å²) >= 11 is 0. The third-order valence-electron chi connectivity index (χ3n) is 6.71. The number of methoxy groups -OCH3 is 1. The minimum Gasteiger partial charge on any atom is -0.467 e. The van der Waals surface area contributed by atoms with Crippen molar-refractivity contribution in [2.75, 3.05) is 20.3 Å². The topological polar surface area (TPSA) is 220 Å². The van der Waals surface area contributed by atoms with E-state index in [4.69, 9.17) is 18.9 Å². The molecule has 3 rings (SSSR count). The highest BCUT2D eigenvalue weighted by atomic mass is 16.6. The van der Waals surface area contributed by atoms with E-state index >= 15 is 0 Å². The van der Waals surface area contributed by atoms with Crippen molar-refractivity contribution in [3.8, 4) is 0 Å². The maximum Gasteiger partial charge on any atom is 0.408 e. The predicted octanol–water partition coefficient (Wildman–Crippen LogP) is 1.16. The monoisotopic (exact) mass is 685 g/mol. The zero-order valence-corrected chi connectivity index (χ0v) is 28.5. The van der Waals surface area contributed by atoms with Crippen LogP contribution in [0.1, 0.15) is 59.2 Å². The Kier molecular flexibility index (Phi) is 12.5. The number of benzene rings is 1. The molecule has 0 aliphatic carbocycles. The van der Waals surface area contributed by atoms with Gasteiger partial charge < -0.3 is 45.2 Å². The van der Waals surface area contributed by atoms with Crippen molar-refractivity contribution < 1.29 is 52.5 Å². The van der Waals surface area contributed by atoms with Gasteiger partial charge in [0.2, 0.25) is 17.7 Å². The number of H-pyrrole nitrogens is 1. The number of cyclic esters (lactones) is 1. The SMILES string of the molecule is COC(=O)[C@@H]1COC(=O)/C=C\c2[nH]c3ccccc3c2C[C@H](NC(=O)OC(C)(C)C)C(=O)N[C@@H](CC(=O)OC(C)(C)C)C(=O)NCC(=O)N1. The third kappa shape index (κ3) is 12.0. The van der Waals surface area contributed by atoms with Crippen LogP contribution in [0.15, 0.2) is 30.3 Å². The Bertz CT molecular complexity index is 1620. The zero-order chi connectivity index (χ0) is 36.5. The lowest BCUT2D eigenvalue weighted by Gasteiger charge is -2.26. The fourth-order valence-electron chi connectivity index (χ4n) is 4.69. The van der Waals surface area contributed by atoms with Gasteiger partial charge >= 0.3 is 24.0 Å². The van der Waals surface area contributed by atoms with Gasteiger partial charge in [0.25, 0.3) is 0 Å². The van der Waals surface area contributed by atoms with Crippen molar-refractivity contribution in [2.24, 2.45) is 0 Å². The molecule has 3 atom stereocenters. The Hall–Kier alpha value is -5.41. The van der Waals surface area contributed by atoms with Crippen LogP contribution in [0.3, 0.4) is 0 Å². The summed E-state index contributed by atoms with van der Waals surface area (Å²) in [5, 5.41) is 10.3. The molecule has 266 valence electrons. The highest BCUT2D eigenvalue weighted by molar-refractivity contribution is 5.97. The summed E-state index contributed by atoms with van der Waals surface area (Å²) in [6.07, 6.45) is 0.754. The normalized spacial score (nSPS) is 20.6. The summed E-state index contributed by atoms with van der Waals surface area (Å²) in [4.78, 5) is 93.9. The predicted molar refractivity (Wildman–Crippen MR) is 175 cm³/mol. The number of aromatic amines is 1. The van der Waals surface area contributed by atoms with E-state index in [1.807, 2.05) is 0 Å². The molecule has 16 heteroatoms. The van der Waals surface area contributed by atoms with Gasteiger partial charge in [-0.15, -0.1) is 0 Å². The number of fused-ring (bicyclic) bond motifs is 3. The minimum atomic E-state index is -1.56. The summed E-state index contributed by atoms with van der Waals surface area (Å²) in [7, 11) is 1.08. The second-order valence-corrected chi connectivity index (χ2v) is 13.1.